The second kappa shape index (κ2) is 10.1. The Morgan fingerprint density at radius 2 is 1.86 bits per heavy atom. The summed E-state index contributed by atoms with van der Waals surface area (Å²) >= 11 is 6.18. The van der Waals surface area contributed by atoms with Crippen molar-refractivity contribution < 1.29 is 9.53 Å². The molecule has 1 amide bonds. The normalized spacial score (nSPS) is 15.5. The molecule has 29 heavy (non-hydrogen) atoms. The van der Waals surface area contributed by atoms with Crippen LogP contribution in [0.25, 0.3) is 0 Å². The van der Waals surface area contributed by atoms with E-state index in [9.17, 15) is 4.79 Å². The van der Waals surface area contributed by atoms with Crippen LogP contribution in [0.4, 0.5) is 0 Å². The van der Waals surface area contributed by atoms with Crippen molar-refractivity contribution in [3.05, 3.63) is 64.2 Å². The van der Waals surface area contributed by atoms with Crippen LogP contribution in [0, 0.1) is 0 Å². The van der Waals surface area contributed by atoms with Crippen molar-refractivity contribution in [1.29, 1.82) is 0 Å². The molecule has 0 atom stereocenters. The maximum Gasteiger partial charge on any atom is 0.251 e. The number of carbonyl (C=O) groups is 1. The molecule has 2 aromatic rings. The van der Waals surface area contributed by atoms with Gasteiger partial charge in [-0.05, 0) is 61.1 Å². The molecule has 1 heterocycles. The van der Waals surface area contributed by atoms with Crippen LogP contribution in [0.5, 0.6) is 5.75 Å². The lowest BCUT2D eigenvalue weighted by Crippen LogP contribution is -2.44. The first kappa shape index (κ1) is 21.7. The maximum atomic E-state index is 12.5. The molecule has 156 valence electrons. The topological polar surface area (TPSA) is 41.6 Å². The molecule has 0 saturated carbocycles. The lowest BCUT2D eigenvalue weighted by molar-refractivity contribution is 0.0909. The number of hydrogen-bond acceptors (Lipinski definition) is 3. The zero-order valence-corrected chi connectivity index (χ0v) is 18.3. The predicted molar refractivity (Wildman–Crippen MR) is 119 cm³/mol. The third kappa shape index (κ3) is 5.97. The van der Waals surface area contributed by atoms with Gasteiger partial charge in [0, 0.05) is 31.2 Å². The minimum atomic E-state index is 0.0258. The van der Waals surface area contributed by atoms with Gasteiger partial charge in [-0.25, -0.2) is 0 Å². The van der Waals surface area contributed by atoms with E-state index in [0.717, 1.165) is 43.8 Å². The molecule has 1 aliphatic rings. The minimum Gasteiger partial charge on any atom is -0.492 e. The van der Waals surface area contributed by atoms with Gasteiger partial charge in [0.2, 0.25) is 0 Å². The third-order valence-corrected chi connectivity index (χ3v) is 5.78. The van der Waals surface area contributed by atoms with Crippen LogP contribution in [-0.2, 0) is 6.54 Å². The van der Waals surface area contributed by atoms with E-state index >= 15 is 0 Å². The fourth-order valence-corrected chi connectivity index (χ4v) is 3.87. The highest BCUT2D eigenvalue weighted by atomic mass is 35.5. The van der Waals surface area contributed by atoms with Crippen molar-refractivity contribution in [1.82, 2.24) is 10.2 Å². The Balaban J connectivity index is 1.49. The summed E-state index contributed by atoms with van der Waals surface area (Å²) in [7, 11) is 0. The number of ether oxygens (including phenoxy) is 1. The Hall–Kier alpha value is -2.04. The van der Waals surface area contributed by atoms with Gasteiger partial charge in [-0.2, -0.15) is 0 Å². The Labute approximate surface area is 179 Å². The number of piperidine rings is 1. The Morgan fingerprint density at radius 1 is 1.17 bits per heavy atom. The van der Waals surface area contributed by atoms with E-state index in [1.165, 1.54) is 11.1 Å². The number of nitrogens with zero attached hydrogens (tertiary/aromatic N) is 1. The summed E-state index contributed by atoms with van der Waals surface area (Å²) < 4.78 is 5.59. The van der Waals surface area contributed by atoms with E-state index in [4.69, 9.17) is 16.3 Å². The average Bonchev–Trinajstić information content (AvgIpc) is 2.72. The molecular formula is C24H31ClN2O2. The first-order chi connectivity index (χ1) is 14.0. The SMILES string of the molecule is CCOc1cc(CN2CCC(NC(=O)c3ccc(C(C)C)cc3)CC2)ccc1Cl. The summed E-state index contributed by atoms with van der Waals surface area (Å²) in [5.41, 5.74) is 3.19. The number of likely N-dealkylation sites (tertiary alicyclic amines) is 1. The standard InChI is InChI=1S/C24H31ClN2O2/c1-4-29-23-15-18(5-10-22(23)25)16-27-13-11-21(12-14-27)26-24(28)20-8-6-19(7-9-20)17(2)3/h5-10,15,17,21H,4,11-14,16H2,1-3H3,(H,26,28). The van der Waals surface area contributed by atoms with E-state index in [-0.39, 0.29) is 11.9 Å². The Morgan fingerprint density at radius 3 is 2.48 bits per heavy atom. The van der Waals surface area contributed by atoms with Crippen molar-refractivity contribution in [2.24, 2.45) is 0 Å². The summed E-state index contributed by atoms with van der Waals surface area (Å²) in [5.74, 6) is 1.25. The van der Waals surface area contributed by atoms with Crippen molar-refractivity contribution in [2.75, 3.05) is 19.7 Å². The molecule has 2 aromatic carbocycles. The molecule has 0 bridgehead atoms. The fraction of sp³-hybridized carbons (Fsp3) is 0.458. The smallest absolute Gasteiger partial charge is 0.251 e. The number of nitrogens with one attached hydrogen (secondary N) is 1. The largest absolute Gasteiger partial charge is 0.492 e. The first-order valence-corrected chi connectivity index (χ1v) is 10.9. The highest BCUT2D eigenvalue weighted by molar-refractivity contribution is 6.32. The summed E-state index contributed by atoms with van der Waals surface area (Å²) in [4.78, 5) is 15.0. The lowest BCUT2D eigenvalue weighted by atomic mass is 10.0. The number of hydrogen-bond donors (Lipinski definition) is 1. The molecule has 0 aromatic heterocycles. The monoisotopic (exact) mass is 414 g/mol. The molecule has 0 aliphatic carbocycles. The van der Waals surface area contributed by atoms with E-state index in [0.29, 0.717) is 17.5 Å². The van der Waals surface area contributed by atoms with Crippen molar-refractivity contribution in [2.45, 2.75) is 52.1 Å². The summed E-state index contributed by atoms with van der Waals surface area (Å²) in [6.45, 7) is 9.67. The molecule has 1 N–H and O–H groups in total. The number of carbonyl (C=O) groups excluding carboxylic acids is 1. The van der Waals surface area contributed by atoms with Gasteiger partial charge in [-0.15, -0.1) is 0 Å². The van der Waals surface area contributed by atoms with Crippen LogP contribution in [0.1, 0.15) is 61.0 Å². The van der Waals surface area contributed by atoms with E-state index < -0.39 is 0 Å². The van der Waals surface area contributed by atoms with E-state index in [1.807, 2.05) is 43.3 Å². The van der Waals surface area contributed by atoms with Crippen LogP contribution in [0.2, 0.25) is 5.02 Å². The molecule has 0 radical (unpaired) electrons. The van der Waals surface area contributed by atoms with Crippen molar-refractivity contribution >= 4 is 17.5 Å². The number of halogens is 1. The molecule has 1 fully saturated rings. The first-order valence-electron chi connectivity index (χ1n) is 10.5. The maximum absolute atomic E-state index is 12.5. The Kier molecular flexibility index (Phi) is 7.57. The van der Waals surface area contributed by atoms with Gasteiger partial charge in [0.1, 0.15) is 5.75 Å². The summed E-state index contributed by atoms with van der Waals surface area (Å²) in [6.07, 6.45) is 1.92. The molecule has 3 rings (SSSR count). The fourth-order valence-electron chi connectivity index (χ4n) is 3.69. The number of amides is 1. The molecule has 4 nitrogen and oxygen atoms in total. The molecular weight excluding hydrogens is 384 g/mol. The van der Waals surface area contributed by atoms with Crippen LogP contribution in [0.15, 0.2) is 42.5 Å². The second-order valence-electron chi connectivity index (χ2n) is 8.00. The number of rotatable bonds is 7. The van der Waals surface area contributed by atoms with Gasteiger partial charge in [0.05, 0.1) is 11.6 Å². The Bertz CT molecular complexity index is 812. The van der Waals surface area contributed by atoms with E-state index in [2.05, 4.69) is 30.1 Å². The van der Waals surface area contributed by atoms with Crippen LogP contribution >= 0.6 is 11.6 Å². The zero-order valence-electron chi connectivity index (χ0n) is 17.6. The summed E-state index contributed by atoms with van der Waals surface area (Å²) in [6, 6.07) is 14.2. The lowest BCUT2D eigenvalue weighted by Gasteiger charge is -2.32. The molecule has 1 saturated heterocycles. The molecule has 5 heteroatoms. The van der Waals surface area contributed by atoms with Gasteiger partial charge in [-0.1, -0.05) is 43.6 Å². The van der Waals surface area contributed by atoms with Crippen molar-refractivity contribution in [3.8, 4) is 5.75 Å². The highest BCUT2D eigenvalue weighted by Gasteiger charge is 2.21. The van der Waals surface area contributed by atoms with Crippen LogP contribution in [0.3, 0.4) is 0 Å². The summed E-state index contributed by atoms with van der Waals surface area (Å²) in [5, 5.41) is 3.85. The van der Waals surface area contributed by atoms with Gasteiger partial charge >= 0.3 is 0 Å². The van der Waals surface area contributed by atoms with Gasteiger partial charge in [-0.3, -0.25) is 9.69 Å². The van der Waals surface area contributed by atoms with E-state index in [1.54, 1.807) is 0 Å². The minimum absolute atomic E-state index is 0.0258. The second-order valence-corrected chi connectivity index (χ2v) is 8.41. The van der Waals surface area contributed by atoms with Crippen LogP contribution in [-0.4, -0.2) is 36.5 Å². The number of benzene rings is 2. The predicted octanol–water partition coefficient (Wildman–Crippen LogP) is 5.26. The van der Waals surface area contributed by atoms with Gasteiger partial charge < -0.3 is 10.1 Å². The quantitative estimate of drug-likeness (QED) is 0.672. The van der Waals surface area contributed by atoms with Crippen molar-refractivity contribution in [3.63, 3.8) is 0 Å². The average molecular weight is 415 g/mol. The van der Waals surface area contributed by atoms with Crippen LogP contribution < -0.4 is 10.1 Å². The van der Waals surface area contributed by atoms with Gasteiger partial charge in [0.15, 0.2) is 0 Å². The zero-order chi connectivity index (χ0) is 20.8. The highest BCUT2D eigenvalue weighted by Crippen LogP contribution is 2.26. The molecule has 0 spiro atoms. The molecule has 0 unspecified atom stereocenters. The molecule has 1 aliphatic heterocycles. The van der Waals surface area contributed by atoms with Gasteiger partial charge in [0.25, 0.3) is 5.91 Å². The third-order valence-electron chi connectivity index (χ3n) is 5.46.